The van der Waals surface area contributed by atoms with Gasteiger partial charge in [0.15, 0.2) is 11.7 Å². The summed E-state index contributed by atoms with van der Waals surface area (Å²) < 4.78 is 17.4. The number of benzene rings is 1. The molecule has 1 aliphatic carbocycles. The Balaban J connectivity index is 1.79. The van der Waals surface area contributed by atoms with E-state index in [0.29, 0.717) is 5.69 Å². The summed E-state index contributed by atoms with van der Waals surface area (Å²) in [5, 5.41) is 10.5. The van der Waals surface area contributed by atoms with Crippen molar-refractivity contribution >= 4 is 40.4 Å². The molecule has 1 atom stereocenters. The van der Waals surface area contributed by atoms with Gasteiger partial charge >= 0.3 is 0 Å². The van der Waals surface area contributed by atoms with Gasteiger partial charge < -0.3 is 5.32 Å². The number of halogens is 1. The highest BCUT2D eigenvalue weighted by Crippen LogP contribution is 2.35. The number of carbonyl (C=O) groups excluding carboxylic acids is 2. The van der Waals surface area contributed by atoms with Crippen molar-refractivity contribution in [1.82, 2.24) is 14.9 Å². The number of nitrogens with zero attached hydrogens (tertiary/aromatic N) is 3. The Morgan fingerprint density at radius 2 is 1.93 bits per heavy atom. The Morgan fingerprint density at radius 3 is 2.53 bits per heavy atom. The van der Waals surface area contributed by atoms with Crippen LogP contribution < -0.4 is 10.2 Å². The van der Waals surface area contributed by atoms with E-state index >= 15 is 0 Å². The topological polar surface area (TPSA) is 75.2 Å². The average molecular weight is 445 g/mol. The highest BCUT2D eigenvalue weighted by atomic mass is 32.1. The van der Waals surface area contributed by atoms with Gasteiger partial charge in [0.25, 0.3) is 5.91 Å². The maximum absolute atomic E-state index is 13.6. The highest BCUT2D eigenvalue weighted by molar-refractivity contribution is 7.10. The van der Waals surface area contributed by atoms with Gasteiger partial charge in [-0.2, -0.15) is 0 Å². The Bertz CT molecular complexity index is 1010. The zero-order chi connectivity index (χ0) is 21.1. The lowest BCUT2D eigenvalue weighted by Crippen LogP contribution is -2.46. The molecule has 0 spiro atoms. The van der Waals surface area contributed by atoms with Crippen molar-refractivity contribution in [2.75, 3.05) is 4.90 Å². The van der Waals surface area contributed by atoms with Gasteiger partial charge in [-0.05, 0) is 72.6 Å². The smallest absolute Gasteiger partial charge is 0.280 e. The van der Waals surface area contributed by atoms with E-state index in [2.05, 4.69) is 14.9 Å². The number of nitrogens with one attached hydrogen (secondary N) is 1. The molecule has 1 unspecified atom stereocenters. The molecule has 0 bridgehead atoms. The summed E-state index contributed by atoms with van der Waals surface area (Å²) in [6.07, 6.45) is 4.03. The maximum Gasteiger partial charge on any atom is 0.280 e. The van der Waals surface area contributed by atoms with Crippen LogP contribution in [0.5, 0.6) is 0 Å². The van der Waals surface area contributed by atoms with Gasteiger partial charge in [-0.15, -0.1) is 16.4 Å². The van der Waals surface area contributed by atoms with Crippen LogP contribution in [0.1, 0.15) is 52.7 Å². The van der Waals surface area contributed by atoms with E-state index in [1.807, 2.05) is 18.4 Å². The second-order valence-electron chi connectivity index (χ2n) is 7.30. The summed E-state index contributed by atoms with van der Waals surface area (Å²) in [6.45, 7) is 1.92. The van der Waals surface area contributed by atoms with Gasteiger partial charge in [-0.1, -0.05) is 17.3 Å². The fourth-order valence-electron chi connectivity index (χ4n) is 3.73. The van der Waals surface area contributed by atoms with Crippen LogP contribution >= 0.6 is 22.9 Å². The van der Waals surface area contributed by atoms with Gasteiger partial charge in [0.05, 0.1) is 0 Å². The van der Waals surface area contributed by atoms with Crippen LogP contribution in [0.15, 0.2) is 41.1 Å². The lowest BCUT2D eigenvalue weighted by atomic mass is 10.1. The molecule has 2 amide bonds. The molecule has 9 heteroatoms. The van der Waals surface area contributed by atoms with Gasteiger partial charge in [0, 0.05) is 22.0 Å². The summed E-state index contributed by atoms with van der Waals surface area (Å²) in [6, 6.07) is 6.71. The number of amides is 2. The van der Waals surface area contributed by atoms with Gasteiger partial charge in [-0.25, -0.2) is 4.39 Å². The fourth-order valence-corrected chi connectivity index (χ4v) is 5.18. The molecule has 1 N–H and O–H groups in total. The molecule has 1 aromatic carbocycles. The van der Waals surface area contributed by atoms with Crippen molar-refractivity contribution in [3.8, 4) is 0 Å². The van der Waals surface area contributed by atoms with Crippen molar-refractivity contribution in [3.05, 3.63) is 63.0 Å². The van der Waals surface area contributed by atoms with E-state index < -0.39 is 17.8 Å². The quantitative estimate of drug-likeness (QED) is 0.608. The molecule has 156 valence electrons. The van der Waals surface area contributed by atoms with E-state index in [-0.39, 0.29) is 17.6 Å². The minimum absolute atomic E-state index is 0.103. The van der Waals surface area contributed by atoms with Crippen molar-refractivity contribution < 1.29 is 14.0 Å². The summed E-state index contributed by atoms with van der Waals surface area (Å²) >= 11 is 2.49. The van der Waals surface area contributed by atoms with E-state index in [9.17, 15) is 14.0 Å². The third kappa shape index (κ3) is 4.27. The van der Waals surface area contributed by atoms with Gasteiger partial charge in [-0.3, -0.25) is 14.5 Å². The van der Waals surface area contributed by atoms with Gasteiger partial charge in [0.1, 0.15) is 5.82 Å². The number of aryl methyl sites for hydroxylation is 1. The number of anilines is 1. The molecule has 30 heavy (non-hydrogen) atoms. The Hall–Kier alpha value is -2.65. The molecule has 1 aliphatic rings. The number of hydrogen-bond acceptors (Lipinski definition) is 6. The lowest BCUT2D eigenvalue weighted by molar-refractivity contribution is -0.123. The first kappa shape index (κ1) is 20.6. The van der Waals surface area contributed by atoms with E-state index in [0.717, 1.165) is 47.7 Å². The van der Waals surface area contributed by atoms with E-state index in [1.54, 1.807) is 5.38 Å². The van der Waals surface area contributed by atoms with E-state index in [1.165, 1.54) is 40.5 Å². The van der Waals surface area contributed by atoms with Crippen LogP contribution in [0.3, 0.4) is 0 Å². The maximum atomic E-state index is 13.6. The van der Waals surface area contributed by atoms with Crippen molar-refractivity contribution in [3.63, 3.8) is 0 Å². The molecular formula is C21H21FN4O2S2. The fraction of sp³-hybridized carbons (Fsp3) is 0.333. The Kier molecular flexibility index (Phi) is 6.19. The molecule has 2 aromatic heterocycles. The van der Waals surface area contributed by atoms with Crippen LogP contribution in [-0.2, 0) is 4.79 Å². The number of rotatable bonds is 6. The predicted molar refractivity (Wildman–Crippen MR) is 115 cm³/mol. The first-order chi connectivity index (χ1) is 14.5. The summed E-state index contributed by atoms with van der Waals surface area (Å²) in [5.74, 6) is -1.11. The highest BCUT2D eigenvalue weighted by Gasteiger charge is 2.37. The number of thiophene rings is 1. The average Bonchev–Trinajstić information content (AvgIpc) is 3.50. The minimum Gasteiger partial charge on any atom is -0.351 e. The normalized spacial score (nSPS) is 15.1. The van der Waals surface area contributed by atoms with E-state index in [4.69, 9.17) is 0 Å². The number of aromatic nitrogens is 2. The molecule has 0 radical (unpaired) electrons. The van der Waals surface area contributed by atoms with Gasteiger partial charge in [0.2, 0.25) is 5.91 Å². The third-order valence-corrected chi connectivity index (χ3v) is 6.84. The molecule has 2 heterocycles. The molecular weight excluding hydrogens is 423 g/mol. The van der Waals surface area contributed by atoms with Crippen molar-refractivity contribution in [1.29, 1.82) is 0 Å². The second kappa shape index (κ2) is 9.01. The molecule has 0 aliphatic heterocycles. The van der Waals surface area contributed by atoms with Crippen molar-refractivity contribution in [2.24, 2.45) is 0 Å². The Morgan fingerprint density at radius 1 is 1.20 bits per heavy atom. The van der Waals surface area contributed by atoms with Crippen LogP contribution in [0, 0.1) is 12.7 Å². The molecule has 4 rings (SSSR count). The molecule has 1 fully saturated rings. The molecule has 6 nitrogen and oxygen atoms in total. The van der Waals surface area contributed by atoms with Crippen LogP contribution in [0.4, 0.5) is 10.1 Å². The zero-order valence-electron chi connectivity index (χ0n) is 16.4. The predicted octanol–water partition coefficient (Wildman–Crippen LogP) is 4.49. The third-order valence-electron chi connectivity index (χ3n) is 5.26. The summed E-state index contributed by atoms with van der Waals surface area (Å²) in [5.41, 5.74) is 1.49. The Labute approximate surface area is 181 Å². The largest absolute Gasteiger partial charge is 0.351 e. The van der Waals surface area contributed by atoms with Crippen molar-refractivity contribution in [2.45, 2.75) is 44.7 Å². The summed E-state index contributed by atoms with van der Waals surface area (Å²) in [4.78, 5) is 29.1. The number of hydrogen-bond donors (Lipinski definition) is 1. The monoisotopic (exact) mass is 444 g/mol. The lowest BCUT2D eigenvalue weighted by Gasteiger charge is -2.31. The van der Waals surface area contributed by atoms with Crippen LogP contribution in [-0.4, -0.2) is 27.4 Å². The zero-order valence-corrected chi connectivity index (χ0v) is 18.0. The second-order valence-corrected chi connectivity index (χ2v) is 8.86. The molecule has 0 saturated heterocycles. The van der Waals surface area contributed by atoms with Crippen LogP contribution in [0.25, 0.3) is 0 Å². The minimum atomic E-state index is -0.884. The SMILES string of the molecule is Cc1ccsc1C(C(=O)NC1CCCC1)N(C(=O)c1csnn1)c1ccc(F)cc1. The van der Waals surface area contributed by atoms with Crippen LogP contribution in [0.2, 0.25) is 0 Å². The molecule has 3 aromatic rings. The first-order valence-electron chi connectivity index (χ1n) is 9.75. The summed E-state index contributed by atoms with van der Waals surface area (Å²) in [7, 11) is 0. The first-order valence-corrected chi connectivity index (χ1v) is 11.5. The molecule has 1 saturated carbocycles. The number of carbonyl (C=O) groups is 2. The standard InChI is InChI=1S/C21H21FN4O2S2/c1-13-10-11-29-19(13)18(20(27)23-15-4-2-3-5-15)26(16-8-6-14(22)7-9-16)21(28)17-12-30-25-24-17/h6-12,15,18H,2-5H2,1H3,(H,23,27).